The highest BCUT2D eigenvalue weighted by atomic mass is 32.2. The summed E-state index contributed by atoms with van der Waals surface area (Å²) < 4.78 is 17.3. The van der Waals surface area contributed by atoms with Crippen molar-refractivity contribution in [1.82, 2.24) is 5.32 Å². The summed E-state index contributed by atoms with van der Waals surface area (Å²) in [6, 6.07) is 6.13. The fourth-order valence-corrected chi connectivity index (χ4v) is 2.65. The SMILES string of the molecule is CCCNCc1ccc(OC)c(CS(=O)C(C)C)c1. The van der Waals surface area contributed by atoms with Crippen LogP contribution in [0.2, 0.25) is 0 Å². The molecule has 1 unspecified atom stereocenters. The molecule has 0 aliphatic carbocycles. The Morgan fingerprint density at radius 2 is 2.11 bits per heavy atom. The Bertz CT molecular complexity index is 419. The zero-order chi connectivity index (χ0) is 14.3. The fraction of sp³-hybridized carbons (Fsp3) is 0.600. The summed E-state index contributed by atoms with van der Waals surface area (Å²) in [5.41, 5.74) is 2.25. The molecule has 1 atom stereocenters. The number of methoxy groups -OCH3 is 1. The Morgan fingerprint density at radius 3 is 2.68 bits per heavy atom. The van der Waals surface area contributed by atoms with Crippen molar-refractivity contribution in [3.8, 4) is 5.75 Å². The van der Waals surface area contributed by atoms with Crippen molar-refractivity contribution in [2.24, 2.45) is 0 Å². The van der Waals surface area contributed by atoms with Crippen LogP contribution < -0.4 is 10.1 Å². The van der Waals surface area contributed by atoms with Gasteiger partial charge in [-0.15, -0.1) is 0 Å². The van der Waals surface area contributed by atoms with Gasteiger partial charge in [0.05, 0.1) is 12.9 Å². The predicted octanol–water partition coefficient (Wildman–Crippen LogP) is 2.85. The maximum absolute atomic E-state index is 12.0. The summed E-state index contributed by atoms with van der Waals surface area (Å²) in [5, 5.41) is 3.55. The average molecular weight is 283 g/mol. The van der Waals surface area contributed by atoms with Gasteiger partial charge in [0.1, 0.15) is 5.75 Å². The van der Waals surface area contributed by atoms with E-state index < -0.39 is 10.8 Å². The molecule has 1 aromatic carbocycles. The van der Waals surface area contributed by atoms with Crippen LogP contribution >= 0.6 is 0 Å². The van der Waals surface area contributed by atoms with Gasteiger partial charge in [-0.3, -0.25) is 4.21 Å². The van der Waals surface area contributed by atoms with E-state index in [-0.39, 0.29) is 5.25 Å². The van der Waals surface area contributed by atoms with Crippen molar-refractivity contribution in [2.45, 2.75) is 44.7 Å². The van der Waals surface area contributed by atoms with Crippen molar-refractivity contribution < 1.29 is 8.95 Å². The van der Waals surface area contributed by atoms with E-state index in [4.69, 9.17) is 4.74 Å². The second-order valence-electron chi connectivity index (χ2n) is 4.90. The molecule has 0 fully saturated rings. The first kappa shape index (κ1) is 16.2. The molecule has 19 heavy (non-hydrogen) atoms. The molecule has 0 bridgehead atoms. The summed E-state index contributed by atoms with van der Waals surface area (Å²) in [6.45, 7) is 7.97. The van der Waals surface area contributed by atoms with Crippen LogP contribution in [0.1, 0.15) is 38.3 Å². The molecular weight excluding hydrogens is 258 g/mol. The topological polar surface area (TPSA) is 38.3 Å². The van der Waals surface area contributed by atoms with E-state index in [1.807, 2.05) is 19.9 Å². The van der Waals surface area contributed by atoms with Gasteiger partial charge in [-0.25, -0.2) is 0 Å². The Hall–Kier alpha value is -0.870. The minimum atomic E-state index is -0.851. The number of ether oxygens (including phenoxy) is 1. The molecule has 0 radical (unpaired) electrons. The fourth-order valence-electron chi connectivity index (χ4n) is 1.78. The van der Waals surface area contributed by atoms with Crippen LogP contribution in [0.15, 0.2) is 18.2 Å². The van der Waals surface area contributed by atoms with Gasteiger partial charge in [0.15, 0.2) is 0 Å². The molecule has 0 aromatic heterocycles. The molecule has 3 nitrogen and oxygen atoms in total. The van der Waals surface area contributed by atoms with Crippen molar-refractivity contribution in [2.75, 3.05) is 13.7 Å². The molecule has 0 heterocycles. The smallest absolute Gasteiger partial charge is 0.123 e. The molecule has 108 valence electrons. The first-order chi connectivity index (χ1) is 9.08. The molecule has 1 N–H and O–H groups in total. The molecule has 0 aliphatic rings. The number of hydrogen-bond donors (Lipinski definition) is 1. The highest BCUT2D eigenvalue weighted by Crippen LogP contribution is 2.22. The van der Waals surface area contributed by atoms with Gasteiger partial charge in [0.2, 0.25) is 0 Å². The third kappa shape index (κ3) is 5.33. The lowest BCUT2D eigenvalue weighted by Crippen LogP contribution is -2.14. The number of rotatable bonds is 8. The molecule has 4 heteroatoms. The van der Waals surface area contributed by atoms with Crippen molar-refractivity contribution >= 4 is 10.8 Å². The third-order valence-corrected chi connectivity index (χ3v) is 4.57. The van der Waals surface area contributed by atoms with Crippen LogP contribution in [0.25, 0.3) is 0 Å². The average Bonchev–Trinajstić information content (AvgIpc) is 2.39. The number of benzene rings is 1. The van der Waals surface area contributed by atoms with Crippen LogP contribution in [0.3, 0.4) is 0 Å². The zero-order valence-electron chi connectivity index (χ0n) is 12.4. The van der Waals surface area contributed by atoms with Crippen molar-refractivity contribution in [3.05, 3.63) is 29.3 Å². The van der Waals surface area contributed by atoms with E-state index in [1.165, 1.54) is 5.56 Å². The van der Waals surface area contributed by atoms with E-state index in [0.717, 1.165) is 30.8 Å². The summed E-state index contributed by atoms with van der Waals surface area (Å²) in [4.78, 5) is 0. The van der Waals surface area contributed by atoms with E-state index in [1.54, 1.807) is 7.11 Å². The van der Waals surface area contributed by atoms with Crippen LogP contribution in [0, 0.1) is 0 Å². The lowest BCUT2D eigenvalue weighted by molar-refractivity contribution is 0.411. The van der Waals surface area contributed by atoms with Gasteiger partial charge >= 0.3 is 0 Å². The quantitative estimate of drug-likeness (QED) is 0.746. The maximum Gasteiger partial charge on any atom is 0.123 e. The third-order valence-electron chi connectivity index (χ3n) is 2.92. The second-order valence-corrected chi connectivity index (χ2v) is 6.89. The van der Waals surface area contributed by atoms with Gasteiger partial charge in [-0.2, -0.15) is 0 Å². The van der Waals surface area contributed by atoms with Gasteiger partial charge in [0.25, 0.3) is 0 Å². The second kappa shape index (κ2) is 8.33. The maximum atomic E-state index is 12.0. The summed E-state index contributed by atoms with van der Waals surface area (Å²) >= 11 is 0. The molecular formula is C15H25NO2S. The zero-order valence-corrected chi connectivity index (χ0v) is 13.2. The van der Waals surface area contributed by atoms with Crippen LogP contribution in [-0.2, 0) is 23.1 Å². The van der Waals surface area contributed by atoms with Crippen LogP contribution in [0.5, 0.6) is 5.75 Å². The molecule has 0 spiro atoms. The Balaban J connectivity index is 2.80. The molecule has 1 rings (SSSR count). The number of hydrogen-bond acceptors (Lipinski definition) is 3. The Kier molecular flexibility index (Phi) is 7.10. The molecule has 1 aromatic rings. The Labute approximate surface area is 119 Å². The van der Waals surface area contributed by atoms with Crippen LogP contribution in [0.4, 0.5) is 0 Å². The molecule has 0 amide bonds. The lowest BCUT2D eigenvalue weighted by atomic mass is 10.1. The van der Waals surface area contributed by atoms with Crippen LogP contribution in [-0.4, -0.2) is 23.1 Å². The first-order valence-corrected chi connectivity index (χ1v) is 8.20. The van der Waals surface area contributed by atoms with E-state index in [0.29, 0.717) is 5.75 Å². The van der Waals surface area contributed by atoms with E-state index >= 15 is 0 Å². The highest BCUT2D eigenvalue weighted by Gasteiger charge is 2.11. The standard InChI is InChI=1S/C15H25NO2S/c1-5-8-16-10-13-6-7-15(18-4)14(9-13)11-19(17)12(2)3/h6-7,9,12,16H,5,8,10-11H2,1-4H3. The normalized spacial score (nSPS) is 12.7. The van der Waals surface area contributed by atoms with Gasteiger partial charge in [-0.05, 0) is 30.7 Å². The largest absolute Gasteiger partial charge is 0.496 e. The minimum absolute atomic E-state index is 0.173. The van der Waals surface area contributed by atoms with Crippen molar-refractivity contribution in [1.29, 1.82) is 0 Å². The molecule has 0 saturated heterocycles. The molecule has 0 saturated carbocycles. The van der Waals surface area contributed by atoms with Gasteiger partial charge in [-0.1, -0.05) is 26.8 Å². The number of nitrogens with one attached hydrogen (secondary N) is 1. The van der Waals surface area contributed by atoms with Gasteiger partial charge < -0.3 is 10.1 Å². The van der Waals surface area contributed by atoms with Crippen molar-refractivity contribution in [3.63, 3.8) is 0 Å². The van der Waals surface area contributed by atoms with Gasteiger partial charge in [0, 0.05) is 28.2 Å². The first-order valence-electron chi connectivity index (χ1n) is 6.82. The Morgan fingerprint density at radius 1 is 1.37 bits per heavy atom. The highest BCUT2D eigenvalue weighted by molar-refractivity contribution is 7.84. The minimum Gasteiger partial charge on any atom is -0.496 e. The monoisotopic (exact) mass is 283 g/mol. The molecule has 0 aliphatic heterocycles. The summed E-state index contributed by atoms with van der Waals surface area (Å²) in [5.74, 6) is 1.39. The van der Waals surface area contributed by atoms with E-state index in [2.05, 4.69) is 24.4 Å². The summed E-state index contributed by atoms with van der Waals surface area (Å²) in [7, 11) is 0.808. The summed E-state index contributed by atoms with van der Waals surface area (Å²) in [6.07, 6.45) is 1.13. The lowest BCUT2D eigenvalue weighted by Gasteiger charge is -2.12. The predicted molar refractivity (Wildman–Crippen MR) is 82.0 cm³/mol. The van der Waals surface area contributed by atoms with E-state index in [9.17, 15) is 4.21 Å².